The van der Waals surface area contributed by atoms with Crippen LogP contribution in [0.25, 0.3) is 11.0 Å². The molecule has 1 amide bonds. The molecule has 0 aliphatic heterocycles. The number of benzene rings is 2. The minimum atomic E-state index is -0.0161. The van der Waals surface area contributed by atoms with Gasteiger partial charge in [0.05, 0.1) is 17.5 Å². The van der Waals surface area contributed by atoms with Crippen molar-refractivity contribution in [3.63, 3.8) is 0 Å². The van der Waals surface area contributed by atoms with Crippen LogP contribution in [-0.4, -0.2) is 15.5 Å². The molecular formula is C18H19N3O. The molecule has 2 aromatic carbocycles. The van der Waals surface area contributed by atoms with E-state index in [1.807, 2.05) is 67.9 Å². The van der Waals surface area contributed by atoms with E-state index in [9.17, 15) is 4.79 Å². The normalized spacial score (nSPS) is 10.9. The molecule has 3 aromatic rings. The molecule has 0 radical (unpaired) electrons. The maximum atomic E-state index is 12.2. The summed E-state index contributed by atoms with van der Waals surface area (Å²) in [5.74, 6) is 0.953. The van der Waals surface area contributed by atoms with Crippen LogP contribution in [0.4, 0.5) is 5.69 Å². The van der Waals surface area contributed by atoms with E-state index in [1.165, 1.54) is 0 Å². The van der Waals surface area contributed by atoms with Gasteiger partial charge in [-0.05, 0) is 49.2 Å². The molecule has 0 bridgehead atoms. The van der Waals surface area contributed by atoms with Gasteiger partial charge in [-0.25, -0.2) is 4.98 Å². The molecule has 1 N–H and O–H groups in total. The van der Waals surface area contributed by atoms with Crippen LogP contribution >= 0.6 is 0 Å². The Labute approximate surface area is 129 Å². The van der Waals surface area contributed by atoms with E-state index in [4.69, 9.17) is 0 Å². The number of carbonyl (C=O) groups is 1. The average Bonchev–Trinajstić information content (AvgIpc) is 2.73. The van der Waals surface area contributed by atoms with Crippen molar-refractivity contribution in [3.8, 4) is 0 Å². The van der Waals surface area contributed by atoms with Crippen molar-refractivity contribution in [3.05, 3.63) is 59.4 Å². The largest absolute Gasteiger partial charge is 0.331 e. The van der Waals surface area contributed by atoms with E-state index in [0.717, 1.165) is 33.7 Å². The molecule has 112 valence electrons. The number of nitrogens with zero attached hydrogens (tertiary/aromatic N) is 2. The first kappa shape index (κ1) is 14.3. The van der Waals surface area contributed by atoms with Gasteiger partial charge in [0, 0.05) is 12.7 Å². The fourth-order valence-corrected chi connectivity index (χ4v) is 2.59. The smallest absolute Gasteiger partial charge is 0.228 e. The highest BCUT2D eigenvalue weighted by atomic mass is 16.1. The quantitative estimate of drug-likeness (QED) is 0.805. The molecule has 0 aliphatic rings. The predicted octanol–water partition coefficient (Wildman–Crippen LogP) is 3.37. The summed E-state index contributed by atoms with van der Waals surface area (Å²) in [7, 11) is 1.99. The Morgan fingerprint density at radius 2 is 2.00 bits per heavy atom. The monoisotopic (exact) mass is 293 g/mol. The lowest BCUT2D eigenvalue weighted by molar-refractivity contribution is -0.115. The first-order valence-electron chi connectivity index (χ1n) is 7.31. The third-order valence-corrected chi connectivity index (χ3v) is 3.84. The maximum absolute atomic E-state index is 12.2. The number of rotatable bonds is 3. The van der Waals surface area contributed by atoms with Gasteiger partial charge in [-0.15, -0.1) is 0 Å². The Hall–Kier alpha value is -2.62. The van der Waals surface area contributed by atoms with Crippen LogP contribution < -0.4 is 5.32 Å². The summed E-state index contributed by atoms with van der Waals surface area (Å²) in [4.78, 5) is 16.7. The fourth-order valence-electron chi connectivity index (χ4n) is 2.59. The molecule has 0 fully saturated rings. The van der Waals surface area contributed by atoms with E-state index >= 15 is 0 Å². The van der Waals surface area contributed by atoms with Crippen molar-refractivity contribution < 1.29 is 4.79 Å². The number of fused-ring (bicyclic) bond motifs is 1. The molecule has 1 aromatic heterocycles. The average molecular weight is 293 g/mol. The lowest BCUT2D eigenvalue weighted by Crippen LogP contribution is -2.14. The number of nitrogens with one attached hydrogen (secondary N) is 1. The predicted molar refractivity (Wildman–Crippen MR) is 89.0 cm³/mol. The molecule has 0 spiro atoms. The van der Waals surface area contributed by atoms with Gasteiger partial charge >= 0.3 is 0 Å². The van der Waals surface area contributed by atoms with Crippen LogP contribution in [0.15, 0.2) is 42.5 Å². The Morgan fingerprint density at radius 3 is 2.77 bits per heavy atom. The molecule has 22 heavy (non-hydrogen) atoms. The fraction of sp³-hybridized carbons (Fsp3) is 0.222. The minimum Gasteiger partial charge on any atom is -0.331 e. The van der Waals surface area contributed by atoms with Gasteiger partial charge in [0.15, 0.2) is 0 Å². The number of aryl methyl sites for hydroxylation is 3. The van der Waals surface area contributed by atoms with Crippen molar-refractivity contribution in [2.24, 2.45) is 7.05 Å². The van der Waals surface area contributed by atoms with E-state index in [2.05, 4.69) is 10.3 Å². The highest BCUT2D eigenvalue weighted by Gasteiger charge is 2.08. The SMILES string of the molecule is Cc1cccc(NC(=O)Cc2ccc3c(c2)nc(C)n3C)c1. The Bertz CT molecular complexity index is 849. The zero-order valence-corrected chi connectivity index (χ0v) is 13.1. The van der Waals surface area contributed by atoms with Gasteiger partial charge in [0.25, 0.3) is 0 Å². The Balaban J connectivity index is 1.76. The summed E-state index contributed by atoms with van der Waals surface area (Å²) in [6, 6.07) is 13.8. The van der Waals surface area contributed by atoms with Crippen molar-refractivity contribution in [1.82, 2.24) is 9.55 Å². The van der Waals surface area contributed by atoms with E-state index < -0.39 is 0 Å². The molecule has 0 saturated carbocycles. The van der Waals surface area contributed by atoms with Gasteiger partial charge in [0.2, 0.25) is 5.91 Å². The molecule has 3 rings (SSSR count). The van der Waals surface area contributed by atoms with Crippen LogP contribution in [0.5, 0.6) is 0 Å². The lowest BCUT2D eigenvalue weighted by atomic mass is 10.1. The lowest BCUT2D eigenvalue weighted by Gasteiger charge is -2.06. The van der Waals surface area contributed by atoms with E-state index in [0.29, 0.717) is 6.42 Å². The third-order valence-electron chi connectivity index (χ3n) is 3.84. The number of amides is 1. The number of carbonyl (C=O) groups excluding carboxylic acids is 1. The number of hydrogen-bond donors (Lipinski definition) is 1. The van der Waals surface area contributed by atoms with Gasteiger partial charge in [-0.3, -0.25) is 4.79 Å². The molecular weight excluding hydrogens is 274 g/mol. The van der Waals surface area contributed by atoms with Crippen molar-refractivity contribution in [1.29, 1.82) is 0 Å². The standard InChI is InChI=1S/C18H19N3O/c1-12-5-4-6-15(9-12)20-18(22)11-14-7-8-17-16(10-14)19-13(2)21(17)3/h4-10H,11H2,1-3H3,(H,20,22). The minimum absolute atomic E-state index is 0.0161. The maximum Gasteiger partial charge on any atom is 0.228 e. The van der Waals surface area contributed by atoms with Crippen LogP contribution in [0.2, 0.25) is 0 Å². The molecule has 0 atom stereocenters. The van der Waals surface area contributed by atoms with Gasteiger partial charge in [-0.2, -0.15) is 0 Å². The van der Waals surface area contributed by atoms with E-state index in [-0.39, 0.29) is 5.91 Å². The van der Waals surface area contributed by atoms with E-state index in [1.54, 1.807) is 0 Å². The zero-order valence-electron chi connectivity index (χ0n) is 13.1. The summed E-state index contributed by atoms with van der Waals surface area (Å²) in [6.45, 7) is 3.98. The van der Waals surface area contributed by atoms with Gasteiger partial charge in [0.1, 0.15) is 5.82 Å². The summed E-state index contributed by atoms with van der Waals surface area (Å²) in [5.41, 5.74) is 4.94. The molecule has 1 heterocycles. The second-order valence-corrected chi connectivity index (χ2v) is 5.64. The highest BCUT2D eigenvalue weighted by molar-refractivity contribution is 5.93. The Morgan fingerprint density at radius 1 is 1.18 bits per heavy atom. The molecule has 4 heteroatoms. The molecule has 4 nitrogen and oxygen atoms in total. The highest BCUT2D eigenvalue weighted by Crippen LogP contribution is 2.17. The van der Waals surface area contributed by atoms with Gasteiger partial charge < -0.3 is 9.88 Å². The first-order chi connectivity index (χ1) is 10.5. The van der Waals surface area contributed by atoms with Crippen molar-refractivity contribution >= 4 is 22.6 Å². The number of imidazole rings is 1. The van der Waals surface area contributed by atoms with Crippen molar-refractivity contribution in [2.45, 2.75) is 20.3 Å². The zero-order chi connectivity index (χ0) is 15.7. The second kappa shape index (κ2) is 5.64. The summed E-state index contributed by atoms with van der Waals surface area (Å²) in [6.07, 6.45) is 0.347. The third kappa shape index (κ3) is 2.86. The number of anilines is 1. The van der Waals surface area contributed by atoms with Crippen LogP contribution in [-0.2, 0) is 18.3 Å². The summed E-state index contributed by atoms with van der Waals surface area (Å²) >= 11 is 0. The molecule has 0 aliphatic carbocycles. The molecule has 0 unspecified atom stereocenters. The summed E-state index contributed by atoms with van der Waals surface area (Å²) < 4.78 is 2.05. The van der Waals surface area contributed by atoms with Crippen LogP contribution in [0.1, 0.15) is 17.0 Å². The second-order valence-electron chi connectivity index (χ2n) is 5.64. The Kier molecular flexibility index (Phi) is 3.67. The van der Waals surface area contributed by atoms with Crippen LogP contribution in [0.3, 0.4) is 0 Å². The van der Waals surface area contributed by atoms with Crippen molar-refractivity contribution in [2.75, 3.05) is 5.32 Å². The summed E-state index contributed by atoms with van der Waals surface area (Å²) in [5, 5.41) is 2.93. The first-order valence-corrected chi connectivity index (χ1v) is 7.31. The van der Waals surface area contributed by atoms with Gasteiger partial charge in [-0.1, -0.05) is 18.2 Å². The topological polar surface area (TPSA) is 46.9 Å². The molecule has 0 saturated heterocycles. The van der Waals surface area contributed by atoms with Crippen LogP contribution in [0, 0.1) is 13.8 Å². The number of aromatic nitrogens is 2. The number of hydrogen-bond acceptors (Lipinski definition) is 2.